The third-order valence-electron chi connectivity index (χ3n) is 3.42. The molecule has 1 rings (SSSR count). The number of nitrogens with zero attached hydrogens (tertiary/aromatic N) is 2. The molecule has 1 saturated heterocycles. The minimum atomic E-state index is -0.670. The van der Waals surface area contributed by atoms with Gasteiger partial charge in [0.15, 0.2) is 0 Å². The highest BCUT2D eigenvalue weighted by Gasteiger charge is 2.35. The van der Waals surface area contributed by atoms with Gasteiger partial charge in [-0.1, -0.05) is 6.92 Å². The zero-order chi connectivity index (χ0) is 13.6. The van der Waals surface area contributed by atoms with Crippen molar-refractivity contribution in [2.75, 3.05) is 33.9 Å². The van der Waals surface area contributed by atoms with Gasteiger partial charge >= 0.3 is 0 Å². The van der Waals surface area contributed by atoms with Crippen molar-refractivity contribution >= 4 is 5.91 Å². The van der Waals surface area contributed by atoms with Crippen molar-refractivity contribution in [1.29, 1.82) is 5.26 Å². The normalized spacial score (nSPS) is 21.0. The van der Waals surface area contributed by atoms with E-state index in [1.54, 1.807) is 7.11 Å². The first-order valence-electron chi connectivity index (χ1n) is 6.41. The average Bonchev–Trinajstić information content (AvgIpc) is 2.32. The SMILES string of the molecule is COCC(C)CC(=O)NC1(C#N)CCN(C)CC1. The standard InChI is InChI=1S/C13H23N3O2/c1-11(9-18-3)8-12(17)15-13(10-14)4-6-16(2)7-5-13/h11H,4-9H2,1-3H3,(H,15,17). The minimum absolute atomic E-state index is 0.0503. The van der Waals surface area contributed by atoms with Crippen molar-refractivity contribution in [3.63, 3.8) is 0 Å². The number of piperidine rings is 1. The summed E-state index contributed by atoms with van der Waals surface area (Å²) >= 11 is 0. The summed E-state index contributed by atoms with van der Waals surface area (Å²) in [5.74, 6) is 0.127. The molecule has 0 saturated carbocycles. The predicted octanol–water partition coefficient (Wildman–Crippen LogP) is 0.763. The molecule has 1 fully saturated rings. The van der Waals surface area contributed by atoms with E-state index in [1.165, 1.54) is 0 Å². The molecule has 1 heterocycles. The number of carbonyl (C=O) groups excluding carboxylic acids is 1. The Balaban J connectivity index is 2.48. The van der Waals surface area contributed by atoms with Gasteiger partial charge < -0.3 is 15.0 Å². The molecule has 1 N–H and O–H groups in total. The molecule has 0 radical (unpaired) electrons. The summed E-state index contributed by atoms with van der Waals surface area (Å²) in [6.45, 7) is 4.23. The Morgan fingerprint density at radius 1 is 1.56 bits per heavy atom. The summed E-state index contributed by atoms with van der Waals surface area (Å²) in [5.41, 5.74) is -0.670. The number of ether oxygens (including phenoxy) is 1. The number of nitrogens with one attached hydrogen (secondary N) is 1. The Morgan fingerprint density at radius 3 is 2.67 bits per heavy atom. The van der Waals surface area contributed by atoms with Crippen molar-refractivity contribution in [2.24, 2.45) is 5.92 Å². The molecule has 0 aliphatic carbocycles. The van der Waals surface area contributed by atoms with Crippen LogP contribution in [0.25, 0.3) is 0 Å². The van der Waals surface area contributed by atoms with Crippen LogP contribution in [0.5, 0.6) is 0 Å². The number of carbonyl (C=O) groups is 1. The molecule has 0 aromatic carbocycles. The van der Waals surface area contributed by atoms with E-state index in [-0.39, 0.29) is 11.8 Å². The smallest absolute Gasteiger partial charge is 0.221 e. The molecule has 0 spiro atoms. The van der Waals surface area contributed by atoms with Gasteiger partial charge in [-0.2, -0.15) is 5.26 Å². The van der Waals surface area contributed by atoms with E-state index < -0.39 is 5.54 Å². The van der Waals surface area contributed by atoms with Gasteiger partial charge in [0.1, 0.15) is 5.54 Å². The number of amides is 1. The van der Waals surface area contributed by atoms with Crippen molar-refractivity contribution in [3.05, 3.63) is 0 Å². The second-order valence-electron chi connectivity index (χ2n) is 5.31. The van der Waals surface area contributed by atoms with Crippen LogP contribution in [-0.2, 0) is 9.53 Å². The second kappa shape index (κ2) is 6.72. The maximum absolute atomic E-state index is 11.9. The number of methoxy groups -OCH3 is 1. The Kier molecular flexibility index (Phi) is 5.57. The molecule has 1 amide bonds. The van der Waals surface area contributed by atoms with Crippen molar-refractivity contribution in [2.45, 2.75) is 31.7 Å². The first-order valence-corrected chi connectivity index (χ1v) is 6.41. The number of likely N-dealkylation sites (tertiary alicyclic amines) is 1. The van der Waals surface area contributed by atoms with Crippen LogP contribution in [0, 0.1) is 17.2 Å². The Hall–Kier alpha value is -1.12. The molecule has 1 aliphatic heterocycles. The molecule has 0 aromatic heterocycles. The summed E-state index contributed by atoms with van der Waals surface area (Å²) in [7, 11) is 3.66. The van der Waals surface area contributed by atoms with Crippen LogP contribution in [0.2, 0.25) is 0 Å². The molecule has 18 heavy (non-hydrogen) atoms. The maximum Gasteiger partial charge on any atom is 0.221 e. The summed E-state index contributed by atoms with van der Waals surface area (Å²) < 4.78 is 5.01. The highest BCUT2D eigenvalue weighted by molar-refractivity contribution is 5.77. The van der Waals surface area contributed by atoms with Crippen LogP contribution in [0.1, 0.15) is 26.2 Å². The molecule has 0 bridgehead atoms. The Bertz CT molecular complexity index is 317. The fraction of sp³-hybridized carbons (Fsp3) is 0.846. The highest BCUT2D eigenvalue weighted by atomic mass is 16.5. The zero-order valence-electron chi connectivity index (χ0n) is 11.5. The van der Waals surface area contributed by atoms with E-state index in [9.17, 15) is 10.1 Å². The number of hydrogen-bond acceptors (Lipinski definition) is 4. The van der Waals surface area contributed by atoms with Crippen LogP contribution < -0.4 is 5.32 Å². The predicted molar refractivity (Wildman–Crippen MR) is 68.9 cm³/mol. The topological polar surface area (TPSA) is 65.4 Å². The van der Waals surface area contributed by atoms with E-state index >= 15 is 0 Å². The first-order chi connectivity index (χ1) is 8.51. The number of hydrogen-bond donors (Lipinski definition) is 1. The van der Waals surface area contributed by atoms with Gasteiger partial charge in [-0.25, -0.2) is 0 Å². The van der Waals surface area contributed by atoms with Gasteiger partial charge in [-0.05, 0) is 25.8 Å². The van der Waals surface area contributed by atoms with Gasteiger partial charge in [-0.15, -0.1) is 0 Å². The summed E-state index contributed by atoms with van der Waals surface area (Å²) in [6, 6.07) is 2.28. The summed E-state index contributed by atoms with van der Waals surface area (Å²) in [6.07, 6.45) is 1.81. The molecular weight excluding hydrogens is 230 g/mol. The van der Waals surface area contributed by atoms with Gasteiger partial charge in [0.2, 0.25) is 5.91 Å². The molecular formula is C13H23N3O2. The third-order valence-corrected chi connectivity index (χ3v) is 3.42. The third kappa shape index (κ3) is 4.28. The molecule has 5 nitrogen and oxygen atoms in total. The lowest BCUT2D eigenvalue weighted by Gasteiger charge is -2.36. The first kappa shape index (κ1) is 14.9. The maximum atomic E-state index is 11.9. The van der Waals surface area contributed by atoms with Gasteiger partial charge in [0, 0.05) is 33.2 Å². The summed E-state index contributed by atoms with van der Waals surface area (Å²) in [5, 5.41) is 12.2. The molecule has 0 aromatic rings. The Morgan fingerprint density at radius 2 is 2.17 bits per heavy atom. The fourth-order valence-corrected chi connectivity index (χ4v) is 2.24. The van der Waals surface area contributed by atoms with Crippen LogP contribution in [0.4, 0.5) is 0 Å². The number of rotatable bonds is 5. The van der Waals surface area contributed by atoms with E-state index in [4.69, 9.17) is 4.74 Å². The monoisotopic (exact) mass is 253 g/mol. The van der Waals surface area contributed by atoms with Crippen LogP contribution in [0.15, 0.2) is 0 Å². The number of nitriles is 1. The molecule has 1 aliphatic rings. The van der Waals surface area contributed by atoms with Crippen molar-refractivity contribution in [3.8, 4) is 6.07 Å². The molecule has 1 atom stereocenters. The van der Waals surface area contributed by atoms with Gasteiger partial charge in [-0.3, -0.25) is 4.79 Å². The molecule has 5 heteroatoms. The second-order valence-corrected chi connectivity index (χ2v) is 5.31. The lowest BCUT2D eigenvalue weighted by Crippen LogP contribution is -2.54. The van der Waals surface area contributed by atoms with E-state index in [1.807, 2.05) is 14.0 Å². The van der Waals surface area contributed by atoms with Crippen molar-refractivity contribution < 1.29 is 9.53 Å². The summed E-state index contributed by atoms with van der Waals surface area (Å²) in [4.78, 5) is 14.1. The van der Waals surface area contributed by atoms with Crippen molar-refractivity contribution in [1.82, 2.24) is 10.2 Å². The largest absolute Gasteiger partial charge is 0.384 e. The van der Waals surface area contributed by atoms with E-state index in [0.29, 0.717) is 25.9 Å². The van der Waals surface area contributed by atoms with Crippen LogP contribution in [-0.4, -0.2) is 50.2 Å². The van der Waals surface area contributed by atoms with Crippen LogP contribution in [0.3, 0.4) is 0 Å². The minimum Gasteiger partial charge on any atom is -0.384 e. The highest BCUT2D eigenvalue weighted by Crippen LogP contribution is 2.21. The molecule has 102 valence electrons. The zero-order valence-corrected chi connectivity index (χ0v) is 11.5. The van der Waals surface area contributed by atoms with E-state index in [0.717, 1.165) is 13.1 Å². The van der Waals surface area contributed by atoms with Gasteiger partial charge in [0.05, 0.1) is 6.07 Å². The molecule has 1 unspecified atom stereocenters. The average molecular weight is 253 g/mol. The van der Waals surface area contributed by atoms with E-state index in [2.05, 4.69) is 16.3 Å². The fourth-order valence-electron chi connectivity index (χ4n) is 2.24. The van der Waals surface area contributed by atoms with Crippen LogP contribution >= 0.6 is 0 Å². The van der Waals surface area contributed by atoms with Gasteiger partial charge in [0.25, 0.3) is 0 Å². The lowest BCUT2D eigenvalue weighted by atomic mass is 9.88. The Labute approximate surface area is 109 Å². The quantitative estimate of drug-likeness (QED) is 0.785. The lowest BCUT2D eigenvalue weighted by molar-refractivity contribution is -0.124.